The number of hydrogen-bond donors (Lipinski definition) is 0. The molecule has 0 aliphatic heterocycles. The molecule has 0 radical (unpaired) electrons. The van der Waals surface area contributed by atoms with Crippen molar-refractivity contribution >= 4 is 29.2 Å². The molecule has 0 spiro atoms. The lowest BCUT2D eigenvalue weighted by Crippen LogP contribution is -2.07. The number of nitrogens with zero attached hydrogens (tertiary/aromatic N) is 1. The quantitative estimate of drug-likeness (QED) is 0.787. The van der Waals surface area contributed by atoms with Crippen molar-refractivity contribution in [2.24, 2.45) is 0 Å². The Bertz CT molecular complexity index is 626. The summed E-state index contributed by atoms with van der Waals surface area (Å²) in [6, 6.07) is 5.85. The molecule has 98 valence electrons. The highest BCUT2D eigenvalue weighted by molar-refractivity contribution is 6.35. The lowest BCUT2D eigenvalue weighted by atomic mass is 10.0. The van der Waals surface area contributed by atoms with Gasteiger partial charge in [0, 0.05) is 15.6 Å². The van der Waals surface area contributed by atoms with Crippen LogP contribution >= 0.6 is 23.2 Å². The number of rotatable bonds is 2. The first kappa shape index (κ1) is 13.8. The van der Waals surface area contributed by atoms with Gasteiger partial charge in [-0.1, -0.05) is 23.2 Å². The minimum Gasteiger partial charge on any atom is -0.464 e. The van der Waals surface area contributed by atoms with E-state index in [-0.39, 0.29) is 11.3 Å². The molecular formula is C13H8Cl2FNO2. The SMILES string of the molecule is COC(=O)c1ncc(F)cc1-c1cc(Cl)cc(Cl)c1. The van der Waals surface area contributed by atoms with Gasteiger partial charge in [-0.05, 0) is 29.8 Å². The summed E-state index contributed by atoms with van der Waals surface area (Å²) in [5, 5.41) is 0.755. The average molecular weight is 300 g/mol. The first-order valence-electron chi connectivity index (χ1n) is 5.21. The minimum absolute atomic E-state index is 0.00207. The van der Waals surface area contributed by atoms with Crippen LogP contribution < -0.4 is 0 Å². The summed E-state index contributed by atoms with van der Waals surface area (Å²) in [4.78, 5) is 15.4. The summed E-state index contributed by atoms with van der Waals surface area (Å²) in [6.07, 6.45) is 0.946. The van der Waals surface area contributed by atoms with Crippen LogP contribution in [0, 0.1) is 5.82 Å². The fourth-order valence-electron chi connectivity index (χ4n) is 1.63. The Morgan fingerprint density at radius 2 is 1.84 bits per heavy atom. The number of aromatic nitrogens is 1. The van der Waals surface area contributed by atoms with Crippen molar-refractivity contribution in [1.82, 2.24) is 4.98 Å². The van der Waals surface area contributed by atoms with Crippen molar-refractivity contribution in [3.05, 3.63) is 52.0 Å². The number of carbonyl (C=O) groups is 1. The monoisotopic (exact) mass is 299 g/mol. The Balaban J connectivity index is 2.65. The Morgan fingerprint density at radius 1 is 1.21 bits per heavy atom. The number of esters is 1. The van der Waals surface area contributed by atoms with Crippen molar-refractivity contribution in [3.8, 4) is 11.1 Å². The van der Waals surface area contributed by atoms with Crippen LogP contribution in [0.25, 0.3) is 11.1 Å². The Kier molecular flexibility index (Phi) is 4.02. The van der Waals surface area contributed by atoms with E-state index in [1.165, 1.54) is 19.2 Å². The highest BCUT2D eigenvalue weighted by Gasteiger charge is 2.16. The fourth-order valence-corrected chi connectivity index (χ4v) is 2.15. The fraction of sp³-hybridized carbons (Fsp3) is 0.0769. The number of ether oxygens (including phenoxy) is 1. The van der Waals surface area contributed by atoms with Gasteiger partial charge in [0.15, 0.2) is 5.69 Å². The minimum atomic E-state index is -0.661. The van der Waals surface area contributed by atoms with E-state index >= 15 is 0 Å². The van der Waals surface area contributed by atoms with Crippen molar-refractivity contribution in [2.45, 2.75) is 0 Å². The molecule has 19 heavy (non-hydrogen) atoms. The van der Waals surface area contributed by atoms with Crippen LogP contribution in [0.2, 0.25) is 10.0 Å². The van der Waals surface area contributed by atoms with Crippen LogP contribution in [0.1, 0.15) is 10.5 Å². The number of carbonyl (C=O) groups excluding carboxylic acids is 1. The van der Waals surface area contributed by atoms with Gasteiger partial charge in [-0.15, -0.1) is 0 Å². The normalized spacial score (nSPS) is 10.3. The molecule has 0 atom stereocenters. The Hall–Kier alpha value is -1.65. The first-order valence-corrected chi connectivity index (χ1v) is 5.97. The summed E-state index contributed by atoms with van der Waals surface area (Å²) < 4.78 is 17.9. The van der Waals surface area contributed by atoms with Crippen molar-refractivity contribution in [2.75, 3.05) is 7.11 Å². The predicted octanol–water partition coefficient (Wildman–Crippen LogP) is 3.98. The molecule has 6 heteroatoms. The van der Waals surface area contributed by atoms with Gasteiger partial charge in [0.05, 0.1) is 13.3 Å². The standard InChI is InChI=1S/C13H8Cl2FNO2/c1-19-13(18)12-11(5-10(16)6-17-12)7-2-8(14)4-9(15)3-7/h2-6H,1H3. The van der Waals surface area contributed by atoms with E-state index in [0.29, 0.717) is 15.6 Å². The van der Waals surface area contributed by atoms with Crippen molar-refractivity contribution < 1.29 is 13.9 Å². The highest BCUT2D eigenvalue weighted by atomic mass is 35.5. The molecule has 1 heterocycles. The van der Waals surface area contributed by atoms with Crippen LogP contribution in [0.4, 0.5) is 4.39 Å². The Labute approximate surface area is 118 Å². The van der Waals surface area contributed by atoms with E-state index in [9.17, 15) is 9.18 Å². The van der Waals surface area contributed by atoms with E-state index in [2.05, 4.69) is 9.72 Å². The van der Waals surface area contributed by atoms with Gasteiger partial charge >= 0.3 is 5.97 Å². The largest absolute Gasteiger partial charge is 0.464 e. The molecule has 0 unspecified atom stereocenters. The molecular weight excluding hydrogens is 292 g/mol. The first-order chi connectivity index (χ1) is 9.01. The van der Waals surface area contributed by atoms with E-state index in [1.807, 2.05) is 0 Å². The van der Waals surface area contributed by atoms with Gasteiger partial charge in [0.1, 0.15) is 5.82 Å². The second kappa shape index (κ2) is 5.55. The smallest absolute Gasteiger partial charge is 0.357 e. The van der Waals surface area contributed by atoms with E-state index in [0.717, 1.165) is 6.20 Å². The number of hydrogen-bond acceptors (Lipinski definition) is 3. The van der Waals surface area contributed by atoms with Crippen molar-refractivity contribution in [1.29, 1.82) is 0 Å². The second-order valence-corrected chi connectivity index (χ2v) is 4.57. The molecule has 0 aliphatic carbocycles. The number of halogens is 3. The molecule has 0 amide bonds. The van der Waals surface area contributed by atoms with Crippen LogP contribution in [0.15, 0.2) is 30.5 Å². The third kappa shape index (κ3) is 3.03. The van der Waals surface area contributed by atoms with Crippen LogP contribution in [0.5, 0.6) is 0 Å². The topological polar surface area (TPSA) is 39.2 Å². The summed E-state index contributed by atoms with van der Waals surface area (Å²) in [7, 11) is 1.22. The van der Waals surface area contributed by atoms with Gasteiger partial charge in [-0.3, -0.25) is 0 Å². The maximum absolute atomic E-state index is 13.3. The third-order valence-electron chi connectivity index (χ3n) is 2.41. The molecule has 2 aromatic rings. The average Bonchev–Trinajstić information content (AvgIpc) is 2.36. The second-order valence-electron chi connectivity index (χ2n) is 3.70. The number of methoxy groups -OCH3 is 1. The maximum Gasteiger partial charge on any atom is 0.357 e. The molecule has 2 rings (SSSR count). The predicted molar refractivity (Wildman–Crippen MR) is 71.0 cm³/mol. The molecule has 1 aromatic carbocycles. The molecule has 3 nitrogen and oxygen atoms in total. The highest BCUT2D eigenvalue weighted by Crippen LogP contribution is 2.29. The van der Waals surface area contributed by atoms with Gasteiger partial charge in [0.25, 0.3) is 0 Å². The zero-order chi connectivity index (χ0) is 14.0. The molecule has 0 saturated heterocycles. The van der Waals surface area contributed by atoms with Crippen LogP contribution in [-0.4, -0.2) is 18.1 Å². The van der Waals surface area contributed by atoms with Gasteiger partial charge in [-0.2, -0.15) is 0 Å². The molecule has 1 aromatic heterocycles. The lowest BCUT2D eigenvalue weighted by molar-refractivity contribution is 0.0595. The molecule has 0 bridgehead atoms. The van der Waals surface area contributed by atoms with Gasteiger partial charge in [-0.25, -0.2) is 14.2 Å². The summed E-state index contributed by atoms with van der Waals surface area (Å²) >= 11 is 11.8. The zero-order valence-electron chi connectivity index (χ0n) is 9.78. The van der Waals surface area contributed by atoms with E-state index < -0.39 is 11.8 Å². The van der Waals surface area contributed by atoms with Crippen LogP contribution in [-0.2, 0) is 4.74 Å². The summed E-state index contributed by atoms with van der Waals surface area (Å²) in [5.74, 6) is -1.23. The molecule has 0 N–H and O–H groups in total. The van der Waals surface area contributed by atoms with Crippen molar-refractivity contribution in [3.63, 3.8) is 0 Å². The molecule has 0 fully saturated rings. The number of benzene rings is 1. The lowest BCUT2D eigenvalue weighted by Gasteiger charge is -2.08. The van der Waals surface area contributed by atoms with Crippen LogP contribution in [0.3, 0.4) is 0 Å². The van der Waals surface area contributed by atoms with Gasteiger partial charge < -0.3 is 4.74 Å². The van der Waals surface area contributed by atoms with E-state index in [1.54, 1.807) is 12.1 Å². The Morgan fingerprint density at radius 3 is 2.42 bits per heavy atom. The summed E-state index contributed by atoms with van der Waals surface area (Å²) in [5.41, 5.74) is 0.767. The maximum atomic E-state index is 13.3. The molecule has 0 saturated carbocycles. The number of pyridine rings is 1. The third-order valence-corrected chi connectivity index (χ3v) is 2.84. The zero-order valence-corrected chi connectivity index (χ0v) is 11.3. The van der Waals surface area contributed by atoms with Gasteiger partial charge in [0.2, 0.25) is 0 Å². The molecule has 0 aliphatic rings. The summed E-state index contributed by atoms with van der Waals surface area (Å²) in [6.45, 7) is 0. The van der Waals surface area contributed by atoms with E-state index in [4.69, 9.17) is 23.2 Å².